The summed E-state index contributed by atoms with van der Waals surface area (Å²) in [5.41, 5.74) is 3.25. The van der Waals surface area contributed by atoms with E-state index >= 15 is 0 Å². The number of likely N-dealkylation sites (tertiary alicyclic amines) is 1. The van der Waals surface area contributed by atoms with Crippen molar-refractivity contribution in [2.75, 3.05) is 33.2 Å². The number of likely N-dealkylation sites (N-methyl/N-ethyl adjacent to an activating group) is 1. The number of amides is 1. The van der Waals surface area contributed by atoms with Gasteiger partial charge in [-0.05, 0) is 63.9 Å². The van der Waals surface area contributed by atoms with Crippen LogP contribution in [-0.2, 0) is 0 Å². The second-order valence-corrected chi connectivity index (χ2v) is 8.53. The van der Waals surface area contributed by atoms with Crippen LogP contribution in [-0.4, -0.2) is 68.7 Å². The highest BCUT2D eigenvalue weighted by atomic mass is 16.2. The second-order valence-electron chi connectivity index (χ2n) is 8.53. The molecule has 1 saturated heterocycles. The van der Waals surface area contributed by atoms with E-state index in [2.05, 4.69) is 9.88 Å². The molecule has 0 N–H and O–H groups in total. The Morgan fingerprint density at radius 3 is 2.73 bits per heavy atom. The number of rotatable bonds is 6. The van der Waals surface area contributed by atoms with E-state index in [0.717, 1.165) is 67.3 Å². The lowest BCUT2D eigenvalue weighted by atomic mass is 10.1. The summed E-state index contributed by atoms with van der Waals surface area (Å²) < 4.78 is 1.78. The summed E-state index contributed by atoms with van der Waals surface area (Å²) in [6, 6.07) is 7.75. The SMILES string of the molecule is Cc1nn(-c2ccccn2)c2nc(C3CC3)cc(C(=O)N(C)CCN3CCCC3)c12. The molecule has 5 rings (SSSR count). The fraction of sp³-hybridized carbons (Fsp3) is 0.478. The summed E-state index contributed by atoms with van der Waals surface area (Å²) in [5, 5.41) is 5.54. The largest absolute Gasteiger partial charge is 0.340 e. The Kier molecular flexibility index (Phi) is 4.98. The second kappa shape index (κ2) is 7.80. The fourth-order valence-electron chi connectivity index (χ4n) is 4.31. The highest BCUT2D eigenvalue weighted by Crippen LogP contribution is 2.40. The number of carbonyl (C=O) groups is 1. The summed E-state index contributed by atoms with van der Waals surface area (Å²) in [4.78, 5) is 27.1. The van der Waals surface area contributed by atoms with Gasteiger partial charge in [0.2, 0.25) is 0 Å². The van der Waals surface area contributed by atoms with Crippen molar-refractivity contribution in [3.63, 3.8) is 0 Å². The normalized spacial score (nSPS) is 17.0. The minimum atomic E-state index is 0.0483. The van der Waals surface area contributed by atoms with Crippen molar-refractivity contribution in [1.29, 1.82) is 0 Å². The molecule has 7 heteroatoms. The van der Waals surface area contributed by atoms with Gasteiger partial charge in [-0.3, -0.25) is 4.79 Å². The lowest BCUT2D eigenvalue weighted by molar-refractivity contribution is 0.0784. The van der Waals surface area contributed by atoms with Crippen molar-refractivity contribution in [2.24, 2.45) is 0 Å². The third-order valence-corrected chi connectivity index (χ3v) is 6.22. The van der Waals surface area contributed by atoms with Crippen LogP contribution >= 0.6 is 0 Å². The molecule has 30 heavy (non-hydrogen) atoms. The molecule has 1 saturated carbocycles. The third-order valence-electron chi connectivity index (χ3n) is 6.22. The van der Waals surface area contributed by atoms with Gasteiger partial charge in [0.15, 0.2) is 11.5 Å². The van der Waals surface area contributed by atoms with Crippen LogP contribution in [0.5, 0.6) is 0 Å². The van der Waals surface area contributed by atoms with E-state index in [1.807, 2.05) is 43.1 Å². The van der Waals surface area contributed by atoms with Crippen LogP contribution < -0.4 is 0 Å². The predicted octanol–water partition coefficient (Wildman–Crippen LogP) is 3.17. The smallest absolute Gasteiger partial charge is 0.254 e. The molecule has 0 bridgehead atoms. The molecule has 0 aromatic carbocycles. The first-order chi connectivity index (χ1) is 14.6. The van der Waals surface area contributed by atoms with Gasteiger partial charge in [-0.25, -0.2) is 9.97 Å². The van der Waals surface area contributed by atoms with E-state index in [0.29, 0.717) is 11.5 Å². The van der Waals surface area contributed by atoms with Crippen LogP contribution in [0.15, 0.2) is 30.5 Å². The first kappa shape index (κ1) is 19.2. The lowest BCUT2D eigenvalue weighted by Gasteiger charge is -2.22. The van der Waals surface area contributed by atoms with Gasteiger partial charge in [0.1, 0.15) is 0 Å². The van der Waals surface area contributed by atoms with E-state index in [-0.39, 0.29) is 5.91 Å². The Hall–Kier alpha value is -2.80. The molecular weight excluding hydrogens is 376 g/mol. The van der Waals surface area contributed by atoms with Crippen LogP contribution in [0.2, 0.25) is 0 Å². The van der Waals surface area contributed by atoms with Crippen LogP contribution in [0.4, 0.5) is 0 Å². The zero-order chi connectivity index (χ0) is 20.7. The van der Waals surface area contributed by atoms with Gasteiger partial charge >= 0.3 is 0 Å². The third kappa shape index (κ3) is 3.58. The van der Waals surface area contributed by atoms with Crippen LogP contribution in [0.3, 0.4) is 0 Å². The molecule has 1 aliphatic heterocycles. The molecule has 4 heterocycles. The molecule has 3 aromatic rings. The number of fused-ring (bicyclic) bond motifs is 1. The van der Waals surface area contributed by atoms with E-state index < -0.39 is 0 Å². The molecule has 0 atom stereocenters. The van der Waals surface area contributed by atoms with Crippen molar-refractivity contribution >= 4 is 16.9 Å². The molecule has 0 spiro atoms. The first-order valence-electron chi connectivity index (χ1n) is 10.9. The number of aromatic nitrogens is 4. The van der Waals surface area contributed by atoms with E-state index in [1.165, 1.54) is 12.8 Å². The maximum atomic E-state index is 13.5. The summed E-state index contributed by atoms with van der Waals surface area (Å²) >= 11 is 0. The maximum Gasteiger partial charge on any atom is 0.254 e. The standard InChI is InChI=1S/C23H28N6O/c1-16-21-18(23(30)27(2)13-14-28-11-5-6-12-28)15-19(17-8-9-17)25-22(21)29(26-16)20-7-3-4-10-24-20/h3-4,7,10,15,17H,5-6,8-9,11-14H2,1-2H3. The van der Waals surface area contributed by atoms with Crippen molar-refractivity contribution in [1.82, 2.24) is 29.5 Å². The number of aryl methyl sites for hydroxylation is 1. The molecule has 0 unspecified atom stereocenters. The lowest BCUT2D eigenvalue weighted by Crippen LogP contribution is -2.35. The van der Waals surface area contributed by atoms with Crippen molar-refractivity contribution in [3.8, 4) is 5.82 Å². The molecule has 2 aliphatic rings. The van der Waals surface area contributed by atoms with Gasteiger partial charge in [0, 0.05) is 37.9 Å². The predicted molar refractivity (Wildman–Crippen MR) is 116 cm³/mol. The Labute approximate surface area is 176 Å². The Bertz CT molecular complexity index is 1070. The van der Waals surface area contributed by atoms with Crippen LogP contribution in [0.1, 0.15) is 53.3 Å². The van der Waals surface area contributed by atoms with Crippen molar-refractivity contribution in [3.05, 3.63) is 47.4 Å². The van der Waals surface area contributed by atoms with Gasteiger partial charge in [-0.1, -0.05) is 6.07 Å². The van der Waals surface area contributed by atoms with Crippen molar-refractivity contribution < 1.29 is 4.79 Å². The molecule has 2 fully saturated rings. The van der Waals surface area contributed by atoms with Gasteiger partial charge in [-0.15, -0.1) is 0 Å². The Balaban J connectivity index is 1.53. The highest BCUT2D eigenvalue weighted by Gasteiger charge is 2.30. The molecule has 1 amide bonds. The summed E-state index contributed by atoms with van der Waals surface area (Å²) in [7, 11) is 1.90. The number of hydrogen-bond acceptors (Lipinski definition) is 5. The van der Waals surface area contributed by atoms with E-state index in [1.54, 1.807) is 10.9 Å². The Morgan fingerprint density at radius 2 is 2.03 bits per heavy atom. The van der Waals surface area contributed by atoms with Crippen LogP contribution in [0.25, 0.3) is 16.9 Å². The minimum Gasteiger partial charge on any atom is -0.340 e. The molecular formula is C23H28N6O. The number of pyridine rings is 2. The molecule has 156 valence electrons. The summed E-state index contributed by atoms with van der Waals surface area (Å²) in [6.45, 7) is 5.89. The summed E-state index contributed by atoms with van der Waals surface area (Å²) in [6.07, 6.45) is 6.54. The van der Waals surface area contributed by atoms with E-state index in [4.69, 9.17) is 10.1 Å². The first-order valence-corrected chi connectivity index (χ1v) is 10.9. The quantitative estimate of drug-likeness (QED) is 0.631. The van der Waals surface area contributed by atoms with Crippen LogP contribution in [0, 0.1) is 6.92 Å². The van der Waals surface area contributed by atoms with E-state index in [9.17, 15) is 4.79 Å². The molecule has 1 aliphatic carbocycles. The average Bonchev–Trinajstić information content (AvgIpc) is 3.39. The highest BCUT2D eigenvalue weighted by molar-refractivity contribution is 6.06. The fourth-order valence-corrected chi connectivity index (χ4v) is 4.31. The zero-order valence-corrected chi connectivity index (χ0v) is 17.7. The monoisotopic (exact) mass is 404 g/mol. The number of nitrogens with zero attached hydrogens (tertiary/aromatic N) is 6. The number of hydrogen-bond donors (Lipinski definition) is 0. The minimum absolute atomic E-state index is 0.0483. The topological polar surface area (TPSA) is 67.2 Å². The maximum absolute atomic E-state index is 13.5. The summed E-state index contributed by atoms with van der Waals surface area (Å²) in [5.74, 6) is 1.22. The van der Waals surface area contributed by atoms with Gasteiger partial charge < -0.3 is 9.80 Å². The van der Waals surface area contributed by atoms with Gasteiger partial charge in [0.25, 0.3) is 5.91 Å². The molecule has 0 radical (unpaired) electrons. The molecule has 3 aromatic heterocycles. The van der Waals surface area contributed by atoms with Crippen molar-refractivity contribution in [2.45, 2.75) is 38.5 Å². The zero-order valence-electron chi connectivity index (χ0n) is 17.7. The average molecular weight is 405 g/mol. The molecule has 7 nitrogen and oxygen atoms in total. The van der Waals surface area contributed by atoms with Gasteiger partial charge in [-0.2, -0.15) is 9.78 Å². The van der Waals surface area contributed by atoms with Gasteiger partial charge in [0.05, 0.1) is 16.6 Å². The Morgan fingerprint density at radius 1 is 1.23 bits per heavy atom. The number of carbonyl (C=O) groups excluding carboxylic acids is 1.